The summed E-state index contributed by atoms with van der Waals surface area (Å²) in [4.78, 5) is 24.4. The van der Waals surface area contributed by atoms with Gasteiger partial charge in [-0.25, -0.2) is 0 Å². The first-order chi connectivity index (χ1) is 12.5. The number of benzene rings is 2. The number of hydrogen-bond donors (Lipinski definition) is 2. The number of rotatable bonds is 4. The molecule has 3 aromatic rings. The maximum absolute atomic E-state index is 12.4. The Bertz CT molecular complexity index is 964. The molecular weight excluding hydrogens is 356 g/mol. The highest BCUT2D eigenvalue weighted by molar-refractivity contribution is 6.30. The molecule has 1 heterocycles. The first kappa shape index (κ1) is 17.8. The topological polar surface area (TPSA) is 80.6 Å². The lowest BCUT2D eigenvalue weighted by Crippen LogP contribution is -2.41. The van der Waals surface area contributed by atoms with Crippen molar-refractivity contribution in [3.05, 3.63) is 64.4 Å². The van der Waals surface area contributed by atoms with Gasteiger partial charge in [0.1, 0.15) is 11.3 Å². The van der Waals surface area contributed by atoms with Gasteiger partial charge in [-0.1, -0.05) is 11.6 Å². The van der Waals surface area contributed by atoms with Crippen LogP contribution in [0, 0.1) is 6.92 Å². The van der Waals surface area contributed by atoms with Crippen molar-refractivity contribution < 1.29 is 18.7 Å². The molecule has 3 rings (SSSR count). The minimum atomic E-state index is -0.543. The quantitative estimate of drug-likeness (QED) is 0.681. The summed E-state index contributed by atoms with van der Waals surface area (Å²) in [5, 5.41) is 1.31. The Labute approximate surface area is 155 Å². The zero-order valence-electron chi connectivity index (χ0n) is 14.3. The maximum Gasteiger partial charge on any atom is 0.305 e. The number of aryl methyl sites for hydroxylation is 1. The fraction of sp³-hybridized carbons (Fsp3) is 0.158. The molecule has 0 atom stereocenters. The second-order valence-corrected chi connectivity index (χ2v) is 6.00. The van der Waals surface area contributed by atoms with E-state index in [1.807, 2.05) is 13.0 Å². The summed E-state index contributed by atoms with van der Waals surface area (Å²) in [6.07, 6.45) is 0. The maximum atomic E-state index is 12.4. The molecule has 0 aliphatic heterocycles. The summed E-state index contributed by atoms with van der Waals surface area (Å²) in [5.74, 6) is -0.168. The van der Waals surface area contributed by atoms with Crippen LogP contribution in [-0.4, -0.2) is 18.4 Å². The number of nitrogens with one attached hydrogen (secondary N) is 2. The third-order valence-corrected chi connectivity index (χ3v) is 4.07. The highest BCUT2D eigenvalue weighted by Crippen LogP contribution is 2.28. The summed E-state index contributed by atoms with van der Waals surface area (Å²) < 4.78 is 11.1. The highest BCUT2D eigenvalue weighted by Gasteiger charge is 2.19. The first-order valence-corrected chi connectivity index (χ1v) is 8.39. The second kappa shape index (κ2) is 7.49. The standard InChI is InChI=1S/C19H17ClN2O4/c1-3-25-14-8-9-16-15(10-14)11(2)17(26-16)19(24)22-21-18(23)12-4-6-13(20)7-5-12/h4-10H,3H2,1-2H3,(H,21,23)(H,22,24). The molecule has 2 N–H and O–H groups in total. The van der Waals surface area contributed by atoms with Gasteiger partial charge >= 0.3 is 5.91 Å². The van der Waals surface area contributed by atoms with Gasteiger partial charge in [0.25, 0.3) is 5.91 Å². The molecule has 1 aromatic heterocycles. The number of fused-ring (bicyclic) bond motifs is 1. The molecular formula is C19H17ClN2O4. The van der Waals surface area contributed by atoms with Crippen molar-refractivity contribution >= 4 is 34.4 Å². The van der Waals surface area contributed by atoms with Crippen LogP contribution >= 0.6 is 11.6 Å². The third kappa shape index (κ3) is 3.65. The number of carbonyl (C=O) groups excluding carboxylic acids is 2. The normalized spacial score (nSPS) is 10.6. The van der Waals surface area contributed by atoms with Crippen LogP contribution in [-0.2, 0) is 0 Å². The van der Waals surface area contributed by atoms with Crippen molar-refractivity contribution in [1.29, 1.82) is 0 Å². The predicted molar refractivity (Wildman–Crippen MR) is 98.5 cm³/mol. The van der Waals surface area contributed by atoms with Crippen molar-refractivity contribution in [1.82, 2.24) is 10.9 Å². The van der Waals surface area contributed by atoms with Crippen LogP contribution < -0.4 is 15.6 Å². The minimum absolute atomic E-state index is 0.130. The van der Waals surface area contributed by atoms with Gasteiger partial charge in [0.2, 0.25) is 0 Å². The molecule has 0 saturated heterocycles. The van der Waals surface area contributed by atoms with Gasteiger partial charge in [0, 0.05) is 21.5 Å². The molecule has 0 spiro atoms. The van der Waals surface area contributed by atoms with E-state index >= 15 is 0 Å². The molecule has 0 bridgehead atoms. The van der Waals surface area contributed by atoms with Crippen LogP contribution in [0.15, 0.2) is 46.9 Å². The summed E-state index contributed by atoms with van der Waals surface area (Å²) in [6.45, 7) is 4.22. The minimum Gasteiger partial charge on any atom is -0.494 e. The molecule has 0 saturated carbocycles. The van der Waals surface area contributed by atoms with Crippen LogP contribution in [0.4, 0.5) is 0 Å². The Hall–Kier alpha value is -2.99. The third-order valence-electron chi connectivity index (χ3n) is 3.82. The fourth-order valence-corrected chi connectivity index (χ4v) is 2.64. The van der Waals surface area contributed by atoms with E-state index in [0.29, 0.717) is 34.1 Å². The number of halogens is 1. The molecule has 2 aromatic carbocycles. The molecule has 0 aliphatic rings. The monoisotopic (exact) mass is 372 g/mol. The van der Waals surface area contributed by atoms with E-state index < -0.39 is 11.8 Å². The molecule has 0 aliphatic carbocycles. The van der Waals surface area contributed by atoms with Crippen LogP contribution in [0.2, 0.25) is 5.02 Å². The molecule has 2 amide bonds. The zero-order valence-corrected chi connectivity index (χ0v) is 15.0. The van der Waals surface area contributed by atoms with Gasteiger partial charge in [0.15, 0.2) is 5.76 Å². The van der Waals surface area contributed by atoms with Gasteiger partial charge in [-0.3, -0.25) is 20.4 Å². The molecule has 0 fully saturated rings. The summed E-state index contributed by atoms with van der Waals surface area (Å²) in [7, 11) is 0. The van der Waals surface area contributed by atoms with E-state index in [4.69, 9.17) is 20.8 Å². The predicted octanol–water partition coefficient (Wildman–Crippen LogP) is 3.87. The Morgan fingerprint density at radius 1 is 1.08 bits per heavy atom. The van der Waals surface area contributed by atoms with E-state index in [2.05, 4.69) is 10.9 Å². The molecule has 0 radical (unpaired) electrons. The van der Waals surface area contributed by atoms with Gasteiger partial charge in [-0.2, -0.15) is 0 Å². The van der Waals surface area contributed by atoms with Gasteiger partial charge in [-0.15, -0.1) is 0 Å². The van der Waals surface area contributed by atoms with Crippen molar-refractivity contribution in [3.63, 3.8) is 0 Å². The number of hydrazine groups is 1. The van der Waals surface area contributed by atoms with E-state index in [0.717, 1.165) is 5.39 Å². The van der Waals surface area contributed by atoms with E-state index in [9.17, 15) is 9.59 Å². The molecule has 134 valence electrons. The summed E-state index contributed by atoms with van der Waals surface area (Å²) in [5.41, 5.74) is 6.32. The molecule has 26 heavy (non-hydrogen) atoms. The number of ether oxygens (including phenoxy) is 1. The van der Waals surface area contributed by atoms with Crippen molar-refractivity contribution in [2.75, 3.05) is 6.61 Å². The average Bonchev–Trinajstić information content (AvgIpc) is 2.97. The Kier molecular flexibility index (Phi) is 5.14. The lowest BCUT2D eigenvalue weighted by Gasteiger charge is -2.06. The van der Waals surface area contributed by atoms with E-state index in [-0.39, 0.29) is 5.76 Å². The van der Waals surface area contributed by atoms with Gasteiger partial charge in [0.05, 0.1) is 6.61 Å². The van der Waals surface area contributed by atoms with E-state index in [1.165, 1.54) is 0 Å². The first-order valence-electron chi connectivity index (χ1n) is 8.01. The number of hydrogen-bond acceptors (Lipinski definition) is 4. The Balaban J connectivity index is 1.74. The lowest BCUT2D eigenvalue weighted by atomic mass is 10.1. The van der Waals surface area contributed by atoms with Crippen molar-refractivity contribution in [2.24, 2.45) is 0 Å². The van der Waals surface area contributed by atoms with Crippen LogP contribution in [0.3, 0.4) is 0 Å². The second-order valence-electron chi connectivity index (χ2n) is 5.56. The summed E-state index contributed by atoms with van der Waals surface area (Å²) in [6, 6.07) is 11.7. The van der Waals surface area contributed by atoms with Gasteiger partial charge in [-0.05, 0) is 56.3 Å². The van der Waals surface area contributed by atoms with Crippen molar-refractivity contribution in [2.45, 2.75) is 13.8 Å². The fourth-order valence-electron chi connectivity index (χ4n) is 2.52. The number of furan rings is 1. The van der Waals surface area contributed by atoms with E-state index in [1.54, 1.807) is 43.3 Å². The number of amides is 2. The van der Waals surface area contributed by atoms with Crippen LogP contribution in [0.25, 0.3) is 11.0 Å². The average molecular weight is 373 g/mol. The molecule has 7 heteroatoms. The summed E-state index contributed by atoms with van der Waals surface area (Å²) >= 11 is 5.79. The molecule has 0 unspecified atom stereocenters. The zero-order chi connectivity index (χ0) is 18.7. The SMILES string of the molecule is CCOc1ccc2oc(C(=O)NNC(=O)c3ccc(Cl)cc3)c(C)c2c1. The number of carbonyl (C=O) groups is 2. The highest BCUT2D eigenvalue weighted by atomic mass is 35.5. The Morgan fingerprint density at radius 2 is 1.77 bits per heavy atom. The smallest absolute Gasteiger partial charge is 0.305 e. The van der Waals surface area contributed by atoms with Crippen molar-refractivity contribution in [3.8, 4) is 5.75 Å². The largest absolute Gasteiger partial charge is 0.494 e. The van der Waals surface area contributed by atoms with Gasteiger partial charge < -0.3 is 9.15 Å². The lowest BCUT2D eigenvalue weighted by molar-refractivity contribution is 0.0831. The Morgan fingerprint density at radius 3 is 2.46 bits per heavy atom. The van der Waals surface area contributed by atoms with Crippen LogP contribution in [0.1, 0.15) is 33.4 Å². The van der Waals surface area contributed by atoms with Crippen LogP contribution in [0.5, 0.6) is 5.75 Å². The molecule has 6 nitrogen and oxygen atoms in total.